The first-order valence-electron chi connectivity index (χ1n) is 9.05. The summed E-state index contributed by atoms with van der Waals surface area (Å²) in [5.41, 5.74) is 1.78. The number of pyridine rings is 1. The Hall–Kier alpha value is -2.69. The lowest BCUT2D eigenvalue weighted by Gasteiger charge is -2.10. The zero-order valence-corrected chi connectivity index (χ0v) is 17.3. The van der Waals surface area contributed by atoms with Gasteiger partial charge in [-0.25, -0.2) is 22.9 Å². The van der Waals surface area contributed by atoms with Gasteiger partial charge in [-0.2, -0.15) is 0 Å². The zero-order valence-electron chi connectivity index (χ0n) is 16.5. The van der Waals surface area contributed by atoms with Crippen LogP contribution in [0.25, 0.3) is 0 Å². The fourth-order valence-electron chi connectivity index (χ4n) is 2.24. The molecule has 0 saturated heterocycles. The van der Waals surface area contributed by atoms with E-state index in [4.69, 9.17) is 9.47 Å². The highest BCUT2D eigenvalue weighted by Gasteiger charge is 2.12. The summed E-state index contributed by atoms with van der Waals surface area (Å²) >= 11 is 0. The first kappa shape index (κ1) is 22.6. The van der Waals surface area contributed by atoms with Crippen molar-refractivity contribution in [1.29, 1.82) is 0 Å². The van der Waals surface area contributed by atoms with Crippen molar-refractivity contribution < 1.29 is 22.7 Å². The molecular formula is C19H26N4O5S. The molecule has 0 aliphatic heterocycles. The van der Waals surface area contributed by atoms with E-state index in [0.717, 1.165) is 11.1 Å². The minimum atomic E-state index is -3.59. The number of carbonyl (C=O) groups excluding carboxylic acids is 1. The maximum atomic E-state index is 12.1. The molecule has 9 nitrogen and oxygen atoms in total. The van der Waals surface area contributed by atoms with Crippen molar-refractivity contribution in [2.24, 2.45) is 0 Å². The molecule has 0 unspecified atom stereocenters. The number of amides is 2. The van der Waals surface area contributed by atoms with E-state index in [1.54, 1.807) is 49.7 Å². The number of hydrogen-bond acceptors (Lipinski definition) is 6. The Morgan fingerprint density at radius 1 is 1.03 bits per heavy atom. The van der Waals surface area contributed by atoms with Crippen LogP contribution < -0.4 is 20.1 Å². The van der Waals surface area contributed by atoms with Crippen LogP contribution in [0.15, 0.2) is 47.5 Å². The van der Waals surface area contributed by atoms with Gasteiger partial charge in [0, 0.05) is 39.0 Å². The summed E-state index contributed by atoms with van der Waals surface area (Å²) in [6.07, 6.45) is 1.61. The van der Waals surface area contributed by atoms with Crippen LogP contribution in [0.4, 0.5) is 4.79 Å². The van der Waals surface area contributed by atoms with E-state index in [2.05, 4.69) is 20.3 Å². The largest absolute Gasteiger partial charge is 0.475 e. The summed E-state index contributed by atoms with van der Waals surface area (Å²) in [4.78, 5) is 16.2. The number of benzene rings is 1. The summed E-state index contributed by atoms with van der Waals surface area (Å²) in [6.45, 7) is 3.30. The molecule has 0 spiro atoms. The molecule has 2 rings (SSSR count). The number of ether oxygens (including phenoxy) is 2. The summed E-state index contributed by atoms with van der Waals surface area (Å²) in [5.74, 6) is 0.483. The Kier molecular flexibility index (Phi) is 8.84. The molecule has 2 aromatic rings. The van der Waals surface area contributed by atoms with Gasteiger partial charge in [0.2, 0.25) is 15.9 Å². The number of urea groups is 1. The minimum absolute atomic E-state index is 0.0820. The predicted molar refractivity (Wildman–Crippen MR) is 108 cm³/mol. The van der Waals surface area contributed by atoms with Crippen LogP contribution >= 0.6 is 0 Å². The molecule has 0 aliphatic carbocycles. The van der Waals surface area contributed by atoms with Crippen LogP contribution in [0.2, 0.25) is 0 Å². The van der Waals surface area contributed by atoms with Crippen molar-refractivity contribution in [3.05, 3.63) is 53.7 Å². The molecule has 0 fully saturated rings. The number of hydrogen-bond donors (Lipinski definition) is 3. The molecule has 2 amide bonds. The SMILES string of the molecule is COCCOc1ccc(CNC(=O)NCCNS(=O)(=O)c2ccc(C)cc2)cn1. The number of aryl methyl sites for hydroxylation is 1. The molecule has 10 heteroatoms. The molecule has 0 bridgehead atoms. The van der Waals surface area contributed by atoms with Crippen molar-refractivity contribution in [3.63, 3.8) is 0 Å². The number of rotatable bonds is 11. The maximum Gasteiger partial charge on any atom is 0.315 e. The summed E-state index contributed by atoms with van der Waals surface area (Å²) in [7, 11) is -2.00. The Morgan fingerprint density at radius 3 is 2.45 bits per heavy atom. The molecule has 1 heterocycles. The van der Waals surface area contributed by atoms with Gasteiger partial charge < -0.3 is 20.1 Å². The number of methoxy groups -OCH3 is 1. The molecule has 29 heavy (non-hydrogen) atoms. The van der Waals surface area contributed by atoms with Crippen LogP contribution in [0.3, 0.4) is 0 Å². The Bertz CT molecular complexity index is 870. The maximum absolute atomic E-state index is 12.1. The second-order valence-corrected chi connectivity index (χ2v) is 7.93. The fraction of sp³-hybridized carbons (Fsp3) is 0.368. The third kappa shape index (κ3) is 8.06. The second-order valence-electron chi connectivity index (χ2n) is 6.17. The summed E-state index contributed by atoms with van der Waals surface area (Å²) in [5, 5.41) is 5.27. The molecule has 0 atom stereocenters. The van der Waals surface area contributed by atoms with Gasteiger partial charge in [0.1, 0.15) is 6.61 Å². The Morgan fingerprint density at radius 2 is 1.79 bits per heavy atom. The highest BCUT2D eigenvalue weighted by atomic mass is 32.2. The van der Waals surface area contributed by atoms with Gasteiger partial charge in [0.15, 0.2) is 0 Å². The van der Waals surface area contributed by atoms with Crippen LogP contribution in [0, 0.1) is 6.92 Å². The van der Waals surface area contributed by atoms with E-state index in [0.29, 0.717) is 19.1 Å². The number of sulfonamides is 1. The van der Waals surface area contributed by atoms with Gasteiger partial charge in [-0.15, -0.1) is 0 Å². The van der Waals surface area contributed by atoms with Crippen molar-refractivity contribution in [3.8, 4) is 5.88 Å². The third-order valence-electron chi connectivity index (χ3n) is 3.82. The van der Waals surface area contributed by atoms with E-state index in [1.165, 1.54) is 0 Å². The molecular weight excluding hydrogens is 396 g/mol. The Labute approximate surface area is 170 Å². The first-order chi connectivity index (χ1) is 13.9. The lowest BCUT2D eigenvalue weighted by atomic mass is 10.2. The molecule has 158 valence electrons. The molecule has 1 aromatic heterocycles. The van der Waals surface area contributed by atoms with E-state index in [-0.39, 0.29) is 24.5 Å². The third-order valence-corrected chi connectivity index (χ3v) is 5.30. The van der Waals surface area contributed by atoms with Gasteiger partial charge in [0.25, 0.3) is 0 Å². The van der Waals surface area contributed by atoms with E-state index in [9.17, 15) is 13.2 Å². The highest BCUT2D eigenvalue weighted by molar-refractivity contribution is 7.89. The van der Waals surface area contributed by atoms with Crippen LogP contribution in [-0.4, -0.2) is 52.8 Å². The zero-order chi connectivity index (χ0) is 21.1. The normalized spacial score (nSPS) is 11.1. The van der Waals surface area contributed by atoms with Crippen molar-refractivity contribution in [1.82, 2.24) is 20.3 Å². The predicted octanol–water partition coefficient (Wildman–Crippen LogP) is 1.19. The van der Waals surface area contributed by atoms with Crippen LogP contribution in [0.1, 0.15) is 11.1 Å². The molecule has 1 aromatic carbocycles. The van der Waals surface area contributed by atoms with Crippen molar-refractivity contribution in [2.45, 2.75) is 18.4 Å². The van der Waals surface area contributed by atoms with Crippen molar-refractivity contribution in [2.75, 3.05) is 33.4 Å². The topological polar surface area (TPSA) is 119 Å². The summed E-state index contributed by atoms with van der Waals surface area (Å²) < 4.78 is 37.0. The Balaban J connectivity index is 1.66. The van der Waals surface area contributed by atoms with E-state index >= 15 is 0 Å². The second kappa shape index (κ2) is 11.3. The van der Waals surface area contributed by atoms with E-state index < -0.39 is 16.1 Å². The van der Waals surface area contributed by atoms with Gasteiger partial charge in [0.05, 0.1) is 11.5 Å². The molecule has 3 N–H and O–H groups in total. The monoisotopic (exact) mass is 422 g/mol. The van der Waals surface area contributed by atoms with Crippen LogP contribution in [-0.2, 0) is 21.3 Å². The lowest BCUT2D eigenvalue weighted by Crippen LogP contribution is -2.40. The molecule has 0 saturated carbocycles. The molecule has 0 radical (unpaired) electrons. The minimum Gasteiger partial charge on any atom is -0.475 e. The van der Waals surface area contributed by atoms with Crippen molar-refractivity contribution >= 4 is 16.1 Å². The number of nitrogens with zero attached hydrogens (tertiary/aromatic N) is 1. The molecule has 0 aliphatic rings. The summed E-state index contributed by atoms with van der Waals surface area (Å²) in [6, 6.07) is 9.65. The number of aromatic nitrogens is 1. The fourth-order valence-corrected chi connectivity index (χ4v) is 3.27. The standard InChI is InChI=1S/C19H26N4O5S/c1-15-3-6-17(7-4-15)29(25,26)23-10-9-20-19(24)22-14-16-5-8-18(21-13-16)28-12-11-27-2/h3-8,13,23H,9-12,14H2,1-2H3,(H2,20,22,24). The lowest BCUT2D eigenvalue weighted by molar-refractivity contribution is 0.143. The average molecular weight is 423 g/mol. The van der Waals surface area contributed by atoms with Gasteiger partial charge >= 0.3 is 6.03 Å². The smallest absolute Gasteiger partial charge is 0.315 e. The number of nitrogens with one attached hydrogen (secondary N) is 3. The number of carbonyl (C=O) groups is 1. The van der Waals surface area contributed by atoms with Gasteiger partial charge in [-0.05, 0) is 24.6 Å². The average Bonchev–Trinajstić information content (AvgIpc) is 2.71. The van der Waals surface area contributed by atoms with Crippen LogP contribution in [0.5, 0.6) is 5.88 Å². The highest BCUT2D eigenvalue weighted by Crippen LogP contribution is 2.09. The van der Waals surface area contributed by atoms with Gasteiger partial charge in [-0.1, -0.05) is 23.8 Å². The first-order valence-corrected chi connectivity index (χ1v) is 10.5. The van der Waals surface area contributed by atoms with E-state index in [1.807, 2.05) is 6.92 Å². The quantitative estimate of drug-likeness (QED) is 0.468. The van der Waals surface area contributed by atoms with Gasteiger partial charge in [-0.3, -0.25) is 0 Å².